The highest BCUT2D eigenvalue weighted by molar-refractivity contribution is 9.10. The summed E-state index contributed by atoms with van der Waals surface area (Å²) in [6.45, 7) is 0. The number of nitro benzene ring substituents is 1. The lowest BCUT2D eigenvalue weighted by molar-refractivity contribution is -0.384. The van der Waals surface area contributed by atoms with E-state index in [1.54, 1.807) is 0 Å². The predicted molar refractivity (Wildman–Crippen MR) is 90.1 cm³/mol. The van der Waals surface area contributed by atoms with Crippen LogP contribution in [0.3, 0.4) is 0 Å². The van der Waals surface area contributed by atoms with Crippen LogP contribution in [0.2, 0.25) is 0 Å². The molecule has 2 aliphatic rings. The Morgan fingerprint density at radius 1 is 1.30 bits per heavy atom. The average Bonchev–Trinajstić information content (AvgIpc) is 2.47. The lowest BCUT2D eigenvalue weighted by Gasteiger charge is -2.45. The molecule has 0 aliphatic heterocycles. The Hall–Kier alpha value is -1.47. The van der Waals surface area contributed by atoms with Crippen molar-refractivity contribution in [2.24, 2.45) is 17.6 Å². The zero-order chi connectivity index (χ0) is 16.6. The van der Waals surface area contributed by atoms with Crippen LogP contribution in [0.4, 0.5) is 5.69 Å². The molecule has 2 atom stereocenters. The number of nitro groups is 1. The maximum absolute atomic E-state index is 12.6. The first kappa shape index (κ1) is 16.4. The highest BCUT2D eigenvalue weighted by atomic mass is 79.9. The molecular weight excluding hydrogens is 362 g/mol. The number of nitrogens with one attached hydrogen (secondary N) is 1. The van der Waals surface area contributed by atoms with E-state index in [-0.39, 0.29) is 23.7 Å². The van der Waals surface area contributed by atoms with Crippen LogP contribution in [0.15, 0.2) is 22.7 Å². The smallest absolute Gasteiger partial charge is 0.270 e. The van der Waals surface area contributed by atoms with Crippen molar-refractivity contribution >= 4 is 27.5 Å². The van der Waals surface area contributed by atoms with E-state index in [2.05, 4.69) is 21.2 Å². The summed E-state index contributed by atoms with van der Waals surface area (Å²) in [4.78, 5) is 22.9. The maximum atomic E-state index is 12.6. The fourth-order valence-electron chi connectivity index (χ4n) is 4.06. The van der Waals surface area contributed by atoms with Gasteiger partial charge in [-0.25, -0.2) is 0 Å². The summed E-state index contributed by atoms with van der Waals surface area (Å²) in [7, 11) is 0. The van der Waals surface area contributed by atoms with Gasteiger partial charge in [0.25, 0.3) is 11.6 Å². The van der Waals surface area contributed by atoms with Crippen molar-refractivity contribution in [3.05, 3.63) is 38.3 Å². The molecule has 0 saturated heterocycles. The fraction of sp³-hybridized carbons (Fsp3) is 0.562. The summed E-state index contributed by atoms with van der Waals surface area (Å²) in [5, 5.41) is 13.9. The van der Waals surface area contributed by atoms with Crippen LogP contribution in [0.25, 0.3) is 0 Å². The van der Waals surface area contributed by atoms with E-state index in [1.165, 1.54) is 24.6 Å². The fourth-order valence-corrected chi connectivity index (χ4v) is 4.60. The number of nitrogens with two attached hydrogens (primary N) is 1. The second-order valence-electron chi connectivity index (χ2n) is 6.60. The van der Waals surface area contributed by atoms with E-state index >= 15 is 0 Å². The molecule has 1 aromatic rings. The Morgan fingerprint density at radius 3 is 2.52 bits per heavy atom. The standard InChI is InChI=1S/C16H20BrN3O3/c17-14-8-12(20(22)23)4-5-13(14)16(21)19-15-9-2-1-3-10(15)7-11(18)6-9/h4-5,8-11,15H,1-3,6-7,18H2,(H,19,21). The molecule has 2 saturated carbocycles. The Labute approximate surface area is 143 Å². The van der Waals surface area contributed by atoms with E-state index in [0.29, 0.717) is 21.9 Å². The maximum Gasteiger partial charge on any atom is 0.270 e. The largest absolute Gasteiger partial charge is 0.349 e. The molecule has 1 amide bonds. The van der Waals surface area contributed by atoms with Crippen LogP contribution in [-0.2, 0) is 0 Å². The Morgan fingerprint density at radius 2 is 1.96 bits per heavy atom. The number of benzene rings is 1. The van der Waals surface area contributed by atoms with Crippen LogP contribution in [-0.4, -0.2) is 22.9 Å². The van der Waals surface area contributed by atoms with Crippen LogP contribution in [0, 0.1) is 22.0 Å². The minimum absolute atomic E-state index is 0.0334. The van der Waals surface area contributed by atoms with Gasteiger partial charge in [0.2, 0.25) is 0 Å². The van der Waals surface area contributed by atoms with Crippen LogP contribution < -0.4 is 11.1 Å². The number of hydrogen-bond donors (Lipinski definition) is 2. The Kier molecular flexibility index (Phi) is 4.68. The summed E-state index contributed by atoms with van der Waals surface area (Å²) in [6, 6.07) is 4.63. The second kappa shape index (κ2) is 6.57. The summed E-state index contributed by atoms with van der Waals surface area (Å²) in [5.74, 6) is 0.709. The summed E-state index contributed by atoms with van der Waals surface area (Å²) < 4.78 is 0.446. The number of rotatable bonds is 3. The van der Waals surface area contributed by atoms with Crippen molar-refractivity contribution in [3.63, 3.8) is 0 Å². The van der Waals surface area contributed by atoms with E-state index < -0.39 is 4.92 Å². The van der Waals surface area contributed by atoms with Gasteiger partial charge in [-0.1, -0.05) is 6.42 Å². The lowest BCUT2D eigenvalue weighted by Crippen LogP contribution is -2.53. The minimum Gasteiger partial charge on any atom is -0.349 e. The van der Waals surface area contributed by atoms with Crippen LogP contribution in [0.5, 0.6) is 0 Å². The zero-order valence-electron chi connectivity index (χ0n) is 12.7. The topological polar surface area (TPSA) is 98.3 Å². The Balaban J connectivity index is 1.75. The molecule has 1 aromatic carbocycles. The van der Waals surface area contributed by atoms with Gasteiger partial charge in [-0.05, 0) is 59.5 Å². The number of carbonyl (C=O) groups is 1. The molecule has 2 unspecified atom stereocenters. The van der Waals surface area contributed by atoms with Crippen molar-refractivity contribution in [3.8, 4) is 0 Å². The molecule has 3 N–H and O–H groups in total. The third kappa shape index (κ3) is 3.40. The van der Waals surface area contributed by atoms with Gasteiger partial charge in [-0.2, -0.15) is 0 Å². The lowest BCUT2D eigenvalue weighted by atomic mass is 9.67. The van der Waals surface area contributed by atoms with Crippen molar-refractivity contribution in [1.82, 2.24) is 5.32 Å². The first-order chi connectivity index (χ1) is 11.0. The number of halogens is 1. The van der Waals surface area contributed by atoms with Gasteiger partial charge >= 0.3 is 0 Å². The number of hydrogen-bond acceptors (Lipinski definition) is 4. The van der Waals surface area contributed by atoms with Crippen LogP contribution >= 0.6 is 15.9 Å². The predicted octanol–water partition coefficient (Wildman–Crippen LogP) is 2.99. The minimum atomic E-state index is -0.473. The highest BCUT2D eigenvalue weighted by Gasteiger charge is 2.40. The highest BCUT2D eigenvalue weighted by Crippen LogP contribution is 2.40. The first-order valence-corrected chi connectivity index (χ1v) is 8.75. The van der Waals surface area contributed by atoms with E-state index in [0.717, 1.165) is 25.7 Å². The molecule has 2 aliphatic carbocycles. The quantitative estimate of drug-likeness (QED) is 0.620. The molecular formula is C16H20BrN3O3. The van der Waals surface area contributed by atoms with Gasteiger partial charge in [0.05, 0.1) is 10.5 Å². The first-order valence-electron chi connectivity index (χ1n) is 7.96. The van der Waals surface area contributed by atoms with Gasteiger partial charge < -0.3 is 11.1 Å². The Bertz CT molecular complexity index is 623. The number of fused-ring (bicyclic) bond motifs is 2. The molecule has 0 aromatic heterocycles. The molecule has 2 fully saturated rings. The SMILES string of the molecule is NC1CC2CCCC(C1)C2NC(=O)c1ccc([N+](=O)[O-])cc1Br. The summed E-state index contributed by atoms with van der Waals surface area (Å²) >= 11 is 3.27. The van der Waals surface area contributed by atoms with E-state index in [1.807, 2.05) is 0 Å². The number of amides is 1. The molecule has 0 spiro atoms. The summed E-state index contributed by atoms with van der Waals surface area (Å²) in [5.41, 5.74) is 6.51. The van der Waals surface area contributed by atoms with Crippen molar-refractivity contribution in [2.75, 3.05) is 0 Å². The number of nitrogens with zero attached hydrogens (tertiary/aromatic N) is 1. The molecule has 23 heavy (non-hydrogen) atoms. The molecule has 124 valence electrons. The van der Waals surface area contributed by atoms with E-state index in [4.69, 9.17) is 5.73 Å². The normalized spacial score (nSPS) is 29.8. The van der Waals surface area contributed by atoms with Gasteiger partial charge in [0.1, 0.15) is 0 Å². The monoisotopic (exact) mass is 381 g/mol. The molecule has 2 bridgehead atoms. The van der Waals surface area contributed by atoms with E-state index in [9.17, 15) is 14.9 Å². The third-order valence-electron chi connectivity index (χ3n) is 5.08. The molecule has 0 heterocycles. The van der Waals surface area contributed by atoms with Gasteiger partial charge in [0, 0.05) is 28.7 Å². The number of non-ortho nitro benzene ring substituents is 1. The van der Waals surface area contributed by atoms with Gasteiger partial charge in [-0.3, -0.25) is 14.9 Å². The van der Waals surface area contributed by atoms with Crippen molar-refractivity contribution in [2.45, 2.75) is 44.2 Å². The van der Waals surface area contributed by atoms with Gasteiger partial charge in [-0.15, -0.1) is 0 Å². The zero-order valence-corrected chi connectivity index (χ0v) is 14.3. The second-order valence-corrected chi connectivity index (χ2v) is 7.46. The average molecular weight is 382 g/mol. The molecule has 6 nitrogen and oxygen atoms in total. The molecule has 7 heteroatoms. The molecule has 3 rings (SSSR count). The van der Waals surface area contributed by atoms with Crippen LogP contribution in [0.1, 0.15) is 42.5 Å². The molecule has 0 radical (unpaired) electrons. The summed E-state index contributed by atoms with van der Waals surface area (Å²) in [6.07, 6.45) is 5.34. The third-order valence-corrected chi connectivity index (χ3v) is 5.74. The van der Waals surface area contributed by atoms with Crippen molar-refractivity contribution < 1.29 is 9.72 Å². The number of carbonyl (C=O) groups excluding carboxylic acids is 1. The van der Waals surface area contributed by atoms with Gasteiger partial charge in [0.15, 0.2) is 0 Å². The van der Waals surface area contributed by atoms with Crippen molar-refractivity contribution in [1.29, 1.82) is 0 Å².